The van der Waals surface area contributed by atoms with Gasteiger partial charge in [0.1, 0.15) is 0 Å². The molecular weight excluding hydrogens is 317 g/mol. The van der Waals surface area contributed by atoms with Crippen molar-refractivity contribution in [1.29, 1.82) is 0 Å². The van der Waals surface area contributed by atoms with Gasteiger partial charge < -0.3 is 5.32 Å². The summed E-state index contributed by atoms with van der Waals surface area (Å²) < 4.78 is 15.3. The van der Waals surface area contributed by atoms with E-state index < -0.39 is 5.82 Å². The van der Waals surface area contributed by atoms with Crippen LogP contribution in [0.4, 0.5) is 15.3 Å². The van der Waals surface area contributed by atoms with Gasteiger partial charge in [0.05, 0.1) is 10.2 Å². The topological polar surface area (TPSA) is 37.8 Å². The molecule has 0 radical (unpaired) electrons. The fourth-order valence-electron chi connectivity index (χ4n) is 1.53. The molecule has 0 aliphatic rings. The number of nitrogens with one attached hydrogen (secondary N) is 1. The van der Waals surface area contributed by atoms with Gasteiger partial charge in [0.25, 0.3) is 0 Å². The van der Waals surface area contributed by atoms with Crippen molar-refractivity contribution in [3.8, 4) is 0 Å². The third kappa shape index (κ3) is 2.21. The first-order chi connectivity index (χ1) is 8.72. The smallest absolute Gasteiger partial charge is 0.189 e. The van der Waals surface area contributed by atoms with Gasteiger partial charge in [0.15, 0.2) is 16.8 Å². The highest BCUT2D eigenvalue weighted by molar-refractivity contribution is 9.10. The zero-order valence-corrected chi connectivity index (χ0v) is 11.4. The Labute approximate surface area is 115 Å². The lowest BCUT2D eigenvalue weighted by Crippen LogP contribution is -1.96. The molecule has 90 valence electrons. The van der Waals surface area contributed by atoms with Crippen molar-refractivity contribution in [3.05, 3.63) is 46.8 Å². The van der Waals surface area contributed by atoms with Gasteiger partial charge in [-0.2, -0.15) is 0 Å². The molecule has 1 N–H and O–H groups in total. The lowest BCUT2D eigenvalue weighted by molar-refractivity contribution is 0.625. The third-order valence-corrected chi connectivity index (χ3v) is 3.71. The Kier molecular flexibility index (Phi) is 2.97. The summed E-state index contributed by atoms with van der Waals surface area (Å²) in [5.74, 6) is -0.235. The second-order valence-corrected chi connectivity index (χ2v) is 5.54. The molecule has 0 fully saturated rings. The normalized spacial score (nSPS) is 10.8. The number of pyridine rings is 1. The molecule has 0 unspecified atom stereocenters. The number of hydrogen-bond donors (Lipinski definition) is 1. The molecule has 1 aromatic carbocycles. The first-order valence-electron chi connectivity index (χ1n) is 5.16. The summed E-state index contributed by atoms with van der Waals surface area (Å²) in [4.78, 5) is 8.34. The maximum absolute atomic E-state index is 13.6. The standard InChI is InChI=1S/C12H7BrFN3S/c13-7-5-8(14)11(15-6-7)17-12-16-9-3-1-2-4-10(9)18-12/h1-6H,(H,15,16,17). The Morgan fingerprint density at radius 1 is 1.28 bits per heavy atom. The quantitative estimate of drug-likeness (QED) is 0.762. The molecule has 2 heterocycles. The number of halogens is 2. The fraction of sp³-hybridized carbons (Fsp3) is 0. The summed E-state index contributed by atoms with van der Waals surface area (Å²) in [5.41, 5.74) is 0.891. The van der Waals surface area contributed by atoms with E-state index in [1.165, 1.54) is 17.4 Å². The van der Waals surface area contributed by atoms with E-state index in [4.69, 9.17) is 0 Å². The molecule has 0 saturated carbocycles. The largest absolute Gasteiger partial charge is 0.314 e. The Bertz CT molecular complexity index is 680. The van der Waals surface area contributed by atoms with Gasteiger partial charge in [-0.25, -0.2) is 14.4 Å². The van der Waals surface area contributed by atoms with Crippen molar-refractivity contribution in [1.82, 2.24) is 9.97 Å². The van der Waals surface area contributed by atoms with E-state index in [0.29, 0.717) is 9.60 Å². The average Bonchev–Trinajstić information content (AvgIpc) is 2.75. The maximum atomic E-state index is 13.6. The van der Waals surface area contributed by atoms with E-state index in [-0.39, 0.29) is 5.82 Å². The Hall–Kier alpha value is -1.53. The van der Waals surface area contributed by atoms with Crippen LogP contribution in [0.25, 0.3) is 10.2 Å². The first kappa shape index (κ1) is 11.6. The van der Waals surface area contributed by atoms with Gasteiger partial charge in [-0.1, -0.05) is 23.5 Å². The fourth-order valence-corrected chi connectivity index (χ4v) is 2.70. The van der Waals surface area contributed by atoms with E-state index in [9.17, 15) is 4.39 Å². The average molecular weight is 324 g/mol. The molecule has 18 heavy (non-hydrogen) atoms. The molecule has 0 amide bonds. The van der Waals surface area contributed by atoms with Crippen molar-refractivity contribution < 1.29 is 4.39 Å². The van der Waals surface area contributed by atoms with Crippen molar-refractivity contribution in [3.63, 3.8) is 0 Å². The van der Waals surface area contributed by atoms with E-state index >= 15 is 0 Å². The molecular formula is C12H7BrFN3S. The van der Waals surface area contributed by atoms with Gasteiger partial charge >= 0.3 is 0 Å². The number of fused-ring (bicyclic) bond motifs is 1. The molecule has 2 aromatic heterocycles. The summed E-state index contributed by atoms with van der Waals surface area (Å²) in [7, 11) is 0. The summed E-state index contributed by atoms with van der Waals surface area (Å²) in [6.45, 7) is 0. The van der Waals surface area contributed by atoms with Crippen LogP contribution in [0.3, 0.4) is 0 Å². The van der Waals surface area contributed by atoms with Crippen molar-refractivity contribution in [2.45, 2.75) is 0 Å². The van der Waals surface area contributed by atoms with E-state index in [0.717, 1.165) is 10.2 Å². The minimum atomic E-state index is -0.413. The molecule has 0 bridgehead atoms. The number of benzene rings is 1. The number of hydrogen-bond acceptors (Lipinski definition) is 4. The van der Waals surface area contributed by atoms with Crippen LogP contribution in [-0.4, -0.2) is 9.97 Å². The summed E-state index contributed by atoms with van der Waals surface area (Å²) in [5, 5.41) is 3.52. The highest BCUT2D eigenvalue weighted by Gasteiger charge is 2.08. The predicted octanol–water partition coefficient (Wildman–Crippen LogP) is 4.34. The number of nitrogens with zero attached hydrogens (tertiary/aromatic N) is 2. The second kappa shape index (κ2) is 4.62. The molecule has 0 aliphatic carbocycles. The summed E-state index contributed by atoms with van der Waals surface area (Å²) in [6.07, 6.45) is 1.54. The molecule has 3 rings (SSSR count). The maximum Gasteiger partial charge on any atom is 0.189 e. The van der Waals surface area contributed by atoms with Crippen molar-refractivity contribution >= 4 is 48.4 Å². The molecule has 3 nitrogen and oxygen atoms in total. The zero-order valence-electron chi connectivity index (χ0n) is 9.02. The number of rotatable bonds is 2. The molecule has 0 atom stereocenters. The van der Waals surface area contributed by atoms with Crippen LogP contribution in [0.1, 0.15) is 0 Å². The highest BCUT2D eigenvalue weighted by atomic mass is 79.9. The second-order valence-electron chi connectivity index (χ2n) is 3.60. The first-order valence-corrected chi connectivity index (χ1v) is 6.77. The Morgan fingerprint density at radius 2 is 2.11 bits per heavy atom. The van der Waals surface area contributed by atoms with Crippen molar-refractivity contribution in [2.75, 3.05) is 5.32 Å². The molecule has 6 heteroatoms. The lowest BCUT2D eigenvalue weighted by Gasteiger charge is -2.02. The molecule has 0 spiro atoms. The highest BCUT2D eigenvalue weighted by Crippen LogP contribution is 2.28. The minimum absolute atomic E-state index is 0.178. The lowest BCUT2D eigenvalue weighted by atomic mass is 10.3. The molecule has 0 saturated heterocycles. The van der Waals surface area contributed by atoms with Crippen LogP contribution >= 0.6 is 27.3 Å². The van der Waals surface area contributed by atoms with Gasteiger partial charge in [0.2, 0.25) is 0 Å². The monoisotopic (exact) mass is 323 g/mol. The van der Waals surface area contributed by atoms with Crippen LogP contribution in [0.5, 0.6) is 0 Å². The van der Waals surface area contributed by atoms with Gasteiger partial charge in [-0.05, 0) is 34.1 Å². The van der Waals surface area contributed by atoms with Gasteiger partial charge in [-0.3, -0.25) is 0 Å². The van der Waals surface area contributed by atoms with Gasteiger partial charge in [0, 0.05) is 10.7 Å². The van der Waals surface area contributed by atoms with Crippen molar-refractivity contribution in [2.24, 2.45) is 0 Å². The van der Waals surface area contributed by atoms with E-state index in [2.05, 4.69) is 31.2 Å². The number of aromatic nitrogens is 2. The van der Waals surface area contributed by atoms with Crippen LogP contribution in [0.15, 0.2) is 41.0 Å². The van der Waals surface area contributed by atoms with E-state index in [1.54, 1.807) is 6.20 Å². The van der Waals surface area contributed by atoms with Crippen LogP contribution < -0.4 is 5.32 Å². The molecule has 0 aliphatic heterocycles. The third-order valence-electron chi connectivity index (χ3n) is 2.33. The summed E-state index contributed by atoms with van der Waals surface area (Å²) >= 11 is 4.63. The van der Waals surface area contributed by atoms with E-state index in [1.807, 2.05) is 24.3 Å². The number of anilines is 2. The Balaban J connectivity index is 1.96. The Morgan fingerprint density at radius 3 is 2.89 bits per heavy atom. The predicted molar refractivity (Wildman–Crippen MR) is 74.8 cm³/mol. The SMILES string of the molecule is Fc1cc(Br)cnc1Nc1nc2ccccc2s1. The number of para-hydroxylation sites is 1. The van der Waals surface area contributed by atoms with Crippen LogP contribution in [-0.2, 0) is 0 Å². The van der Waals surface area contributed by atoms with Crippen LogP contribution in [0.2, 0.25) is 0 Å². The zero-order chi connectivity index (χ0) is 12.5. The van der Waals surface area contributed by atoms with Crippen LogP contribution in [0, 0.1) is 5.82 Å². The summed E-state index contributed by atoms with van der Waals surface area (Å²) in [6, 6.07) is 9.13. The minimum Gasteiger partial charge on any atom is -0.314 e. The molecule has 3 aromatic rings. The van der Waals surface area contributed by atoms with Gasteiger partial charge in [-0.15, -0.1) is 0 Å². The number of thiazole rings is 1.